The number of hydrogen-bond donors (Lipinski definition) is 0. The first kappa shape index (κ1) is 21.4. The highest BCUT2D eigenvalue weighted by Crippen LogP contribution is 2.40. The van der Waals surface area contributed by atoms with Gasteiger partial charge >= 0.3 is 0 Å². The lowest BCUT2D eigenvalue weighted by atomic mass is 9.89. The van der Waals surface area contributed by atoms with Crippen LogP contribution in [0.3, 0.4) is 0 Å². The van der Waals surface area contributed by atoms with Gasteiger partial charge in [0, 0.05) is 18.3 Å². The summed E-state index contributed by atoms with van der Waals surface area (Å²) in [6.07, 6.45) is 4.32. The Morgan fingerprint density at radius 2 is 1.26 bits per heavy atom. The van der Waals surface area contributed by atoms with E-state index in [0.29, 0.717) is 0 Å². The zero-order valence-electron chi connectivity index (χ0n) is 21.3. The molecule has 1 aliphatic carbocycles. The molecule has 1 aromatic heterocycles. The lowest BCUT2D eigenvalue weighted by Crippen LogP contribution is -2.03. The maximum atomic E-state index is 5.02. The summed E-state index contributed by atoms with van der Waals surface area (Å²) in [7, 11) is 2.14. The van der Waals surface area contributed by atoms with Crippen molar-refractivity contribution in [3.05, 3.63) is 126 Å². The number of nitrogens with zero attached hydrogens (tertiary/aromatic N) is 2. The highest BCUT2D eigenvalue weighted by molar-refractivity contribution is 6.25. The minimum Gasteiger partial charge on any atom is -0.331 e. The summed E-state index contributed by atoms with van der Waals surface area (Å²) < 4.78 is 2.26. The van der Waals surface area contributed by atoms with Crippen LogP contribution in [0.2, 0.25) is 0 Å². The average Bonchev–Trinajstić information content (AvgIpc) is 3.32. The minimum absolute atomic E-state index is 1.01. The standard InChI is InChI=1S/C36H26N2/c1-38-33-21-18-29(22-32(33)37-36(38)28-6-3-2-4-7-28)23-10-12-24(13-11-23)30-19-16-27-15-14-25-8-5-9-26-17-20-31(30)35(27)34(25)26/h2-17,19-20,22H,18,21H2,1H3. The molecule has 2 heteroatoms. The van der Waals surface area contributed by atoms with Gasteiger partial charge in [0.1, 0.15) is 5.82 Å². The first-order valence-corrected chi connectivity index (χ1v) is 13.3. The van der Waals surface area contributed by atoms with Crippen LogP contribution in [0.4, 0.5) is 0 Å². The molecule has 0 fully saturated rings. The van der Waals surface area contributed by atoms with Gasteiger partial charge in [0.2, 0.25) is 0 Å². The van der Waals surface area contributed by atoms with E-state index in [4.69, 9.17) is 4.98 Å². The van der Waals surface area contributed by atoms with Gasteiger partial charge in [-0.25, -0.2) is 4.98 Å². The molecule has 0 saturated carbocycles. The molecule has 0 spiro atoms. The molecule has 0 bridgehead atoms. The number of imidazole rings is 1. The van der Waals surface area contributed by atoms with E-state index in [0.717, 1.165) is 29.9 Å². The molecule has 0 amide bonds. The van der Waals surface area contributed by atoms with Crippen LogP contribution in [0, 0.1) is 0 Å². The average molecular weight is 487 g/mol. The second-order valence-electron chi connectivity index (χ2n) is 10.4. The van der Waals surface area contributed by atoms with Gasteiger partial charge in [-0.15, -0.1) is 0 Å². The summed E-state index contributed by atoms with van der Waals surface area (Å²) in [6, 6.07) is 39.8. The third-order valence-corrected chi connectivity index (χ3v) is 8.31. The van der Waals surface area contributed by atoms with Crippen molar-refractivity contribution in [2.75, 3.05) is 0 Å². The Balaban J connectivity index is 1.19. The van der Waals surface area contributed by atoms with Crippen molar-refractivity contribution >= 4 is 44.0 Å². The monoisotopic (exact) mass is 486 g/mol. The molecular weight excluding hydrogens is 460 g/mol. The van der Waals surface area contributed by atoms with E-state index >= 15 is 0 Å². The van der Waals surface area contributed by atoms with Crippen LogP contribution in [-0.4, -0.2) is 9.55 Å². The second-order valence-corrected chi connectivity index (χ2v) is 10.4. The van der Waals surface area contributed by atoms with Crippen molar-refractivity contribution < 1.29 is 0 Å². The molecule has 0 atom stereocenters. The smallest absolute Gasteiger partial charge is 0.140 e. The van der Waals surface area contributed by atoms with E-state index in [1.54, 1.807) is 0 Å². The van der Waals surface area contributed by atoms with Crippen LogP contribution in [0.5, 0.6) is 0 Å². The van der Waals surface area contributed by atoms with Gasteiger partial charge in [0.05, 0.1) is 5.69 Å². The number of allylic oxidation sites excluding steroid dienone is 1. The summed E-state index contributed by atoms with van der Waals surface area (Å²) >= 11 is 0. The van der Waals surface area contributed by atoms with E-state index in [1.165, 1.54) is 60.3 Å². The number of aromatic nitrogens is 2. The Morgan fingerprint density at radius 3 is 2.05 bits per heavy atom. The van der Waals surface area contributed by atoms with Crippen LogP contribution in [0.15, 0.2) is 109 Å². The largest absolute Gasteiger partial charge is 0.331 e. The molecule has 0 saturated heterocycles. The first-order valence-electron chi connectivity index (χ1n) is 13.3. The van der Waals surface area contributed by atoms with Crippen LogP contribution in [0.1, 0.15) is 23.4 Å². The number of hydrogen-bond acceptors (Lipinski definition) is 1. The maximum absolute atomic E-state index is 5.02. The summed E-state index contributed by atoms with van der Waals surface area (Å²) in [4.78, 5) is 5.02. The van der Waals surface area contributed by atoms with Gasteiger partial charge in [0.25, 0.3) is 0 Å². The highest BCUT2D eigenvalue weighted by atomic mass is 15.1. The fourth-order valence-electron chi connectivity index (χ4n) is 6.38. The van der Waals surface area contributed by atoms with Crippen LogP contribution in [-0.2, 0) is 13.5 Å². The molecule has 0 unspecified atom stereocenters. The van der Waals surface area contributed by atoms with E-state index < -0.39 is 0 Å². The molecule has 1 aliphatic rings. The van der Waals surface area contributed by atoms with E-state index in [9.17, 15) is 0 Å². The normalized spacial score (nSPS) is 13.3. The third-order valence-electron chi connectivity index (χ3n) is 8.31. The fourth-order valence-corrected chi connectivity index (χ4v) is 6.38. The Bertz CT molecular complexity index is 1990. The molecule has 8 rings (SSSR count). The fraction of sp³-hybridized carbons (Fsp3) is 0.0833. The second kappa shape index (κ2) is 8.16. The Labute approximate surface area is 221 Å². The maximum Gasteiger partial charge on any atom is 0.140 e. The molecule has 0 aliphatic heterocycles. The van der Waals surface area contributed by atoms with E-state index in [-0.39, 0.29) is 0 Å². The van der Waals surface area contributed by atoms with E-state index in [2.05, 4.69) is 127 Å². The van der Waals surface area contributed by atoms with E-state index in [1.807, 2.05) is 0 Å². The van der Waals surface area contributed by atoms with Crippen molar-refractivity contribution in [3.8, 4) is 22.5 Å². The molecule has 6 aromatic carbocycles. The summed E-state index contributed by atoms with van der Waals surface area (Å²) in [5.74, 6) is 1.04. The zero-order valence-corrected chi connectivity index (χ0v) is 21.3. The molecule has 7 aromatic rings. The topological polar surface area (TPSA) is 17.8 Å². The predicted octanol–water partition coefficient (Wildman–Crippen LogP) is 9.14. The lowest BCUT2D eigenvalue weighted by Gasteiger charge is -2.16. The highest BCUT2D eigenvalue weighted by Gasteiger charge is 2.20. The number of benzene rings is 6. The molecule has 38 heavy (non-hydrogen) atoms. The van der Waals surface area contributed by atoms with Gasteiger partial charge in [-0.2, -0.15) is 0 Å². The third kappa shape index (κ3) is 3.17. The van der Waals surface area contributed by atoms with Crippen LogP contribution < -0.4 is 0 Å². The molecular formula is C36H26N2. The van der Waals surface area contributed by atoms with Gasteiger partial charge in [-0.05, 0) is 73.5 Å². The number of fused-ring (bicyclic) bond motifs is 1. The predicted molar refractivity (Wildman–Crippen MR) is 160 cm³/mol. The van der Waals surface area contributed by atoms with Crippen molar-refractivity contribution in [1.29, 1.82) is 0 Å². The van der Waals surface area contributed by atoms with Crippen molar-refractivity contribution in [1.82, 2.24) is 9.55 Å². The summed E-state index contributed by atoms with van der Waals surface area (Å²) in [6.45, 7) is 0. The Hall–Kier alpha value is -4.69. The molecule has 0 N–H and O–H groups in total. The zero-order chi connectivity index (χ0) is 25.2. The summed E-state index contributed by atoms with van der Waals surface area (Å²) in [5, 5.41) is 7.98. The van der Waals surface area contributed by atoms with Gasteiger partial charge in [-0.1, -0.05) is 109 Å². The molecule has 1 heterocycles. The van der Waals surface area contributed by atoms with Gasteiger partial charge in [0.15, 0.2) is 0 Å². The SMILES string of the molecule is Cn1c(-c2ccccc2)nc2c1CCC(c1ccc(-c3ccc4ccc5cccc6ccc3c4c56)cc1)=C2. The lowest BCUT2D eigenvalue weighted by molar-refractivity contribution is 0.813. The molecule has 180 valence electrons. The van der Waals surface area contributed by atoms with Crippen molar-refractivity contribution in [2.45, 2.75) is 12.8 Å². The Morgan fingerprint density at radius 1 is 0.579 bits per heavy atom. The first-order chi connectivity index (χ1) is 18.7. The molecule has 0 radical (unpaired) electrons. The quantitative estimate of drug-likeness (QED) is 0.228. The molecule has 2 nitrogen and oxygen atoms in total. The van der Waals surface area contributed by atoms with Crippen LogP contribution >= 0.6 is 0 Å². The summed E-state index contributed by atoms with van der Waals surface area (Å²) in [5.41, 5.74) is 8.77. The van der Waals surface area contributed by atoms with Crippen molar-refractivity contribution in [3.63, 3.8) is 0 Å². The van der Waals surface area contributed by atoms with Crippen LogP contribution in [0.25, 0.3) is 66.5 Å². The number of rotatable bonds is 3. The minimum atomic E-state index is 1.01. The van der Waals surface area contributed by atoms with Gasteiger partial charge < -0.3 is 4.57 Å². The van der Waals surface area contributed by atoms with Crippen molar-refractivity contribution in [2.24, 2.45) is 7.05 Å². The van der Waals surface area contributed by atoms with Gasteiger partial charge in [-0.3, -0.25) is 0 Å². The Kier molecular flexibility index (Phi) is 4.59.